The van der Waals surface area contributed by atoms with Crippen LogP contribution in [0.4, 0.5) is 5.82 Å². The summed E-state index contributed by atoms with van der Waals surface area (Å²) in [6, 6.07) is 2.05. The molecular weight excluding hydrogens is 346 g/mol. The van der Waals surface area contributed by atoms with Crippen molar-refractivity contribution < 1.29 is 0 Å². The third-order valence-electron chi connectivity index (χ3n) is 3.25. The van der Waals surface area contributed by atoms with Crippen molar-refractivity contribution in [2.24, 2.45) is 5.41 Å². The predicted octanol–water partition coefficient (Wildman–Crippen LogP) is 3.04. The average molecular weight is 363 g/mol. The van der Waals surface area contributed by atoms with Gasteiger partial charge in [0, 0.05) is 30.3 Å². The first kappa shape index (κ1) is 13.3. The van der Waals surface area contributed by atoms with Gasteiger partial charge in [-0.25, -0.2) is 4.98 Å². The topological polar surface area (TPSA) is 28.2 Å². The van der Waals surface area contributed by atoms with Gasteiger partial charge in [0.05, 0.1) is 4.47 Å². The zero-order valence-electron chi connectivity index (χ0n) is 10.1. The highest BCUT2D eigenvalue weighted by Gasteiger charge is 2.34. The Balaban J connectivity index is 2.15. The lowest BCUT2D eigenvalue weighted by molar-refractivity contribution is 0.355. The van der Waals surface area contributed by atoms with Crippen LogP contribution in [0.5, 0.6) is 0 Å². The van der Waals surface area contributed by atoms with Crippen molar-refractivity contribution in [3.8, 4) is 0 Å². The SMILES string of the molecule is CNCC1(C)CCN(c2ncc(Br)cc2Br)C1. The van der Waals surface area contributed by atoms with Crippen molar-refractivity contribution in [3.05, 3.63) is 21.2 Å². The molecule has 3 nitrogen and oxygen atoms in total. The van der Waals surface area contributed by atoms with E-state index in [2.05, 4.69) is 60.1 Å². The predicted molar refractivity (Wildman–Crippen MR) is 78.5 cm³/mol. The highest BCUT2D eigenvalue weighted by atomic mass is 79.9. The van der Waals surface area contributed by atoms with Crippen LogP contribution < -0.4 is 10.2 Å². The molecule has 94 valence electrons. The van der Waals surface area contributed by atoms with Gasteiger partial charge in [-0.3, -0.25) is 0 Å². The maximum absolute atomic E-state index is 4.50. The van der Waals surface area contributed by atoms with Crippen LogP contribution in [0.2, 0.25) is 0 Å². The first-order valence-corrected chi connectivity index (χ1v) is 7.33. The molecule has 17 heavy (non-hydrogen) atoms. The number of nitrogens with one attached hydrogen (secondary N) is 1. The fourth-order valence-corrected chi connectivity index (χ4v) is 3.65. The van der Waals surface area contributed by atoms with Crippen LogP contribution in [0.3, 0.4) is 0 Å². The number of rotatable bonds is 3. The van der Waals surface area contributed by atoms with Crippen molar-refractivity contribution in [2.75, 3.05) is 31.6 Å². The highest BCUT2D eigenvalue weighted by molar-refractivity contribution is 9.11. The lowest BCUT2D eigenvalue weighted by Gasteiger charge is -2.25. The van der Waals surface area contributed by atoms with E-state index in [0.717, 1.165) is 34.4 Å². The van der Waals surface area contributed by atoms with Crippen LogP contribution in [-0.4, -0.2) is 31.7 Å². The third-order valence-corrected chi connectivity index (χ3v) is 4.27. The van der Waals surface area contributed by atoms with Gasteiger partial charge >= 0.3 is 0 Å². The quantitative estimate of drug-likeness (QED) is 0.895. The summed E-state index contributed by atoms with van der Waals surface area (Å²) in [5.74, 6) is 1.05. The highest BCUT2D eigenvalue weighted by Crippen LogP contribution is 2.35. The van der Waals surface area contributed by atoms with Gasteiger partial charge in [-0.1, -0.05) is 6.92 Å². The normalized spacial score (nSPS) is 24.4. The minimum atomic E-state index is 0.350. The van der Waals surface area contributed by atoms with E-state index >= 15 is 0 Å². The number of pyridine rings is 1. The number of aromatic nitrogens is 1. The molecule has 0 amide bonds. The van der Waals surface area contributed by atoms with E-state index in [1.807, 2.05) is 13.2 Å². The van der Waals surface area contributed by atoms with Gasteiger partial charge < -0.3 is 10.2 Å². The van der Waals surface area contributed by atoms with Gasteiger partial charge in [-0.15, -0.1) is 0 Å². The monoisotopic (exact) mass is 361 g/mol. The Morgan fingerprint density at radius 2 is 2.29 bits per heavy atom. The molecule has 0 aromatic carbocycles. The number of halogens is 2. The number of hydrogen-bond donors (Lipinski definition) is 1. The molecule has 0 bridgehead atoms. The Morgan fingerprint density at radius 3 is 2.94 bits per heavy atom. The number of hydrogen-bond acceptors (Lipinski definition) is 3. The molecule has 1 fully saturated rings. The molecule has 1 aliphatic heterocycles. The van der Waals surface area contributed by atoms with Gasteiger partial charge in [0.2, 0.25) is 0 Å². The van der Waals surface area contributed by atoms with Gasteiger partial charge in [-0.05, 0) is 56.8 Å². The number of nitrogens with zero attached hydrogens (tertiary/aromatic N) is 2. The largest absolute Gasteiger partial charge is 0.355 e. The summed E-state index contributed by atoms with van der Waals surface area (Å²) in [6.07, 6.45) is 3.06. The van der Waals surface area contributed by atoms with Crippen molar-refractivity contribution >= 4 is 37.7 Å². The zero-order valence-corrected chi connectivity index (χ0v) is 13.3. The van der Waals surface area contributed by atoms with Crippen LogP contribution in [0.1, 0.15) is 13.3 Å². The fourth-order valence-electron chi connectivity index (χ4n) is 2.42. The smallest absolute Gasteiger partial charge is 0.142 e. The minimum absolute atomic E-state index is 0.350. The summed E-state index contributed by atoms with van der Waals surface area (Å²) >= 11 is 7.01. The second kappa shape index (κ2) is 5.24. The molecule has 0 aliphatic carbocycles. The standard InChI is InChI=1S/C12H17Br2N3/c1-12(7-15-2)3-4-17(8-12)11-10(14)5-9(13)6-16-11/h5-6,15H,3-4,7-8H2,1-2H3. The summed E-state index contributed by atoms with van der Waals surface area (Å²) in [7, 11) is 2.02. The Labute approximate surface area is 119 Å². The summed E-state index contributed by atoms with van der Waals surface area (Å²) in [6.45, 7) is 5.51. The zero-order chi connectivity index (χ0) is 12.5. The maximum Gasteiger partial charge on any atom is 0.142 e. The van der Waals surface area contributed by atoms with Crippen LogP contribution in [-0.2, 0) is 0 Å². The summed E-state index contributed by atoms with van der Waals surface area (Å²) in [4.78, 5) is 6.85. The second-order valence-corrected chi connectivity index (χ2v) is 6.74. The third kappa shape index (κ3) is 3.01. The van der Waals surface area contributed by atoms with E-state index in [0.29, 0.717) is 5.41 Å². The Bertz CT molecular complexity index is 411. The molecule has 1 aliphatic rings. The van der Waals surface area contributed by atoms with E-state index in [-0.39, 0.29) is 0 Å². The molecule has 1 saturated heterocycles. The van der Waals surface area contributed by atoms with E-state index in [9.17, 15) is 0 Å². The van der Waals surface area contributed by atoms with Crippen molar-refractivity contribution in [1.82, 2.24) is 10.3 Å². The van der Waals surface area contributed by atoms with E-state index in [4.69, 9.17) is 0 Å². The molecule has 1 unspecified atom stereocenters. The van der Waals surface area contributed by atoms with Crippen LogP contribution in [0, 0.1) is 5.41 Å². The van der Waals surface area contributed by atoms with Crippen molar-refractivity contribution in [3.63, 3.8) is 0 Å². The maximum atomic E-state index is 4.50. The molecule has 0 saturated carbocycles. The fraction of sp³-hybridized carbons (Fsp3) is 0.583. The van der Waals surface area contributed by atoms with Crippen LogP contribution in [0.25, 0.3) is 0 Å². The van der Waals surface area contributed by atoms with E-state index in [1.54, 1.807) is 0 Å². The Kier molecular flexibility index (Phi) is 4.10. The lowest BCUT2D eigenvalue weighted by atomic mass is 9.90. The average Bonchev–Trinajstić information content (AvgIpc) is 2.61. The molecule has 1 N–H and O–H groups in total. The molecule has 1 aromatic rings. The first-order chi connectivity index (χ1) is 8.04. The van der Waals surface area contributed by atoms with Gasteiger partial charge in [0.15, 0.2) is 0 Å². The summed E-state index contributed by atoms with van der Waals surface area (Å²) in [5.41, 5.74) is 0.350. The van der Waals surface area contributed by atoms with Crippen LogP contribution >= 0.6 is 31.9 Å². The second-order valence-electron chi connectivity index (χ2n) is 4.97. The Hall–Kier alpha value is -0.130. The lowest BCUT2D eigenvalue weighted by Crippen LogP contribution is -2.33. The molecule has 1 atom stereocenters. The van der Waals surface area contributed by atoms with Crippen molar-refractivity contribution in [2.45, 2.75) is 13.3 Å². The van der Waals surface area contributed by atoms with E-state index < -0.39 is 0 Å². The summed E-state index contributed by atoms with van der Waals surface area (Å²) < 4.78 is 2.06. The molecule has 2 heterocycles. The molecule has 1 aromatic heterocycles. The minimum Gasteiger partial charge on any atom is -0.355 e. The van der Waals surface area contributed by atoms with Gasteiger partial charge in [0.1, 0.15) is 5.82 Å². The summed E-state index contributed by atoms with van der Waals surface area (Å²) in [5, 5.41) is 3.28. The molecule has 0 spiro atoms. The number of anilines is 1. The Morgan fingerprint density at radius 1 is 1.53 bits per heavy atom. The van der Waals surface area contributed by atoms with Crippen molar-refractivity contribution in [1.29, 1.82) is 0 Å². The van der Waals surface area contributed by atoms with Gasteiger partial charge in [-0.2, -0.15) is 0 Å². The molecule has 0 radical (unpaired) electrons. The van der Waals surface area contributed by atoms with E-state index in [1.165, 1.54) is 6.42 Å². The molecule has 2 rings (SSSR count). The van der Waals surface area contributed by atoms with Crippen LogP contribution in [0.15, 0.2) is 21.2 Å². The molecule has 5 heteroatoms. The first-order valence-electron chi connectivity index (χ1n) is 5.75. The molecular formula is C12H17Br2N3. The van der Waals surface area contributed by atoms with Gasteiger partial charge in [0.25, 0.3) is 0 Å².